The molecule has 0 aromatic carbocycles. The summed E-state index contributed by atoms with van der Waals surface area (Å²) in [5.41, 5.74) is 0.694. The predicted octanol–water partition coefficient (Wildman–Crippen LogP) is -0.426. The Hall–Kier alpha value is 1.60. The van der Waals surface area contributed by atoms with Gasteiger partial charge in [0.05, 0.1) is 0 Å². The van der Waals surface area contributed by atoms with Crippen LogP contribution in [0.3, 0.4) is 0 Å². The van der Waals surface area contributed by atoms with E-state index in [-0.39, 0.29) is 51.4 Å². The Labute approximate surface area is 112 Å². The van der Waals surface area contributed by atoms with E-state index in [1.807, 2.05) is 0 Å². The molecule has 1 nitrogen and oxygen atoms in total. The van der Waals surface area contributed by atoms with Crippen molar-refractivity contribution >= 4 is 0 Å². The third kappa shape index (κ3) is 2.29. The molecule has 1 aliphatic carbocycles. The third-order valence-electron chi connectivity index (χ3n) is 3.20. The summed E-state index contributed by atoms with van der Waals surface area (Å²) < 4.78 is 0. The molecule has 2 fully saturated rings. The van der Waals surface area contributed by atoms with Gasteiger partial charge in [-0.15, -0.1) is 13.1 Å². The van der Waals surface area contributed by atoms with Gasteiger partial charge in [0.25, 0.3) is 0 Å². The second kappa shape index (κ2) is 4.21. The molecule has 0 radical (unpaired) electrons. The van der Waals surface area contributed by atoms with Gasteiger partial charge in [0.1, 0.15) is 0 Å². The Morgan fingerprint density at radius 3 is 2.64 bits per heavy atom. The maximum absolute atomic E-state index is 4.45. The van der Waals surface area contributed by atoms with Crippen LogP contribution in [0.4, 0.5) is 0 Å². The van der Waals surface area contributed by atoms with Crippen molar-refractivity contribution in [3.8, 4) is 0 Å². The van der Waals surface area contributed by atoms with Crippen molar-refractivity contribution in [2.75, 3.05) is 13.1 Å². The average molecular weight is 177 g/mol. The molecule has 0 aromatic heterocycles. The minimum Gasteiger partial charge on any atom is -0.662 e. The van der Waals surface area contributed by atoms with Gasteiger partial charge >= 0.3 is 51.4 Å². The Morgan fingerprint density at radius 2 is 2.18 bits per heavy atom. The van der Waals surface area contributed by atoms with Crippen LogP contribution < -0.4 is 51.4 Å². The van der Waals surface area contributed by atoms with E-state index < -0.39 is 0 Å². The van der Waals surface area contributed by atoms with Crippen molar-refractivity contribution < 1.29 is 51.4 Å². The zero-order valence-corrected chi connectivity index (χ0v) is 10.9. The Balaban J connectivity index is 0.000000605. The summed E-state index contributed by atoms with van der Waals surface area (Å²) in [6.07, 6.45) is 5.75. The van der Waals surface area contributed by atoms with Crippen LogP contribution in [-0.4, -0.2) is 13.1 Å². The summed E-state index contributed by atoms with van der Waals surface area (Å²) in [7, 11) is 0. The molecule has 1 aliphatic heterocycles. The van der Waals surface area contributed by atoms with Gasteiger partial charge in [-0.2, -0.15) is 0 Å². The average Bonchev–Trinajstić information content (AvgIpc) is 2.46. The maximum Gasteiger partial charge on any atom is 1.00 e. The Morgan fingerprint density at radius 1 is 1.36 bits per heavy atom. The fourth-order valence-electron chi connectivity index (χ4n) is 2.58. The standard InChI is InChI=1S/C9H16N.K/c1-8-2-3-9(6-8)4-5-10-7-9;/h8H,2-7H2,1H3;/q-1;+1. The molecular weight excluding hydrogens is 161 g/mol. The molecule has 0 N–H and O–H groups in total. The Bertz CT molecular complexity index is 130. The maximum atomic E-state index is 4.45. The molecule has 11 heavy (non-hydrogen) atoms. The van der Waals surface area contributed by atoms with Crippen molar-refractivity contribution in [2.45, 2.75) is 32.6 Å². The molecule has 58 valence electrons. The van der Waals surface area contributed by atoms with Gasteiger partial charge in [-0.1, -0.05) is 19.8 Å². The van der Waals surface area contributed by atoms with Crippen molar-refractivity contribution in [3.05, 3.63) is 5.32 Å². The van der Waals surface area contributed by atoms with Crippen LogP contribution in [0.2, 0.25) is 0 Å². The summed E-state index contributed by atoms with van der Waals surface area (Å²) in [5, 5.41) is 4.45. The second-order valence-corrected chi connectivity index (χ2v) is 4.20. The van der Waals surface area contributed by atoms with Gasteiger partial charge in [-0.3, -0.25) is 0 Å². The first kappa shape index (κ1) is 10.7. The molecule has 0 aromatic rings. The van der Waals surface area contributed by atoms with Crippen molar-refractivity contribution in [1.29, 1.82) is 0 Å². The predicted molar refractivity (Wildman–Crippen MR) is 43.2 cm³/mol. The summed E-state index contributed by atoms with van der Waals surface area (Å²) in [5.74, 6) is 0.980. The number of nitrogens with zero attached hydrogens (tertiary/aromatic N) is 1. The number of hydrogen-bond acceptors (Lipinski definition) is 0. The topological polar surface area (TPSA) is 14.1 Å². The molecule has 1 saturated carbocycles. The minimum absolute atomic E-state index is 0. The summed E-state index contributed by atoms with van der Waals surface area (Å²) >= 11 is 0. The molecule has 1 spiro atoms. The first-order valence-electron chi connectivity index (χ1n) is 4.44. The first-order valence-corrected chi connectivity index (χ1v) is 4.44. The molecule has 2 heteroatoms. The molecule has 1 saturated heterocycles. The van der Waals surface area contributed by atoms with Gasteiger partial charge in [0.2, 0.25) is 0 Å². The van der Waals surface area contributed by atoms with Gasteiger partial charge in [0, 0.05) is 0 Å². The molecule has 2 unspecified atom stereocenters. The van der Waals surface area contributed by atoms with Crippen molar-refractivity contribution in [3.63, 3.8) is 0 Å². The summed E-state index contributed by atoms with van der Waals surface area (Å²) in [6.45, 7) is 4.71. The first-order chi connectivity index (χ1) is 4.81. The van der Waals surface area contributed by atoms with E-state index in [4.69, 9.17) is 0 Å². The van der Waals surface area contributed by atoms with Gasteiger partial charge in [-0.05, 0) is 24.2 Å². The van der Waals surface area contributed by atoms with Crippen molar-refractivity contribution in [1.82, 2.24) is 0 Å². The normalized spacial score (nSPS) is 42.8. The molecule has 2 aliphatic rings. The van der Waals surface area contributed by atoms with Crippen LogP contribution in [-0.2, 0) is 0 Å². The Kier molecular flexibility index (Phi) is 4.08. The summed E-state index contributed by atoms with van der Waals surface area (Å²) in [6, 6.07) is 0. The SMILES string of the molecule is CC1CCC2(CC[N-]C2)C1.[K+]. The van der Waals surface area contributed by atoms with Gasteiger partial charge in [-0.25, -0.2) is 0 Å². The molecule has 2 rings (SSSR count). The summed E-state index contributed by atoms with van der Waals surface area (Å²) in [4.78, 5) is 0. The largest absolute Gasteiger partial charge is 1.00 e. The van der Waals surface area contributed by atoms with E-state index in [9.17, 15) is 0 Å². The molecular formula is C9H16KN. The van der Waals surface area contributed by atoms with E-state index in [0.717, 1.165) is 12.5 Å². The van der Waals surface area contributed by atoms with Crippen LogP contribution in [0.1, 0.15) is 32.6 Å². The van der Waals surface area contributed by atoms with Crippen LogP contribution in [0, 0.1) is 11.3 Å². The van der Waals surface area contributed by atoms with Gasteiger partial charge < -0.3 is 5.32 Å². The van der Waals surface area contributed by atoms with Crippen LogP contribution in [0.25, 0.3) is 5.32 Å². The fraction of sp³-hybridized carbons (Fsp3) is 1.00. The quantitative estimate of drug-likeness (QED) is 0.446. The molecule has 2 atom stereocenters. The smallest absolute Gasteiger partial charge is 0.662 e. The second-order valence-electron chi connectivity index (χ2n) is 4.20. The van der Waals surface area contributed by atoms with Gasteiger partial charge in [0.15, 0.2) is 0 Å². The number of hydrogen-bond donors (Lipinski definition) is 0. The van der Waals surface area contributed by atoms with E-state index in [1.165, 1.54) is 32.2 Å². The van der Waals surface area contributed by atoms with E-state index >= 15 is 0 Å². The fourth-order valence-corrected chi connectivity index (χ4v) is 2.58. The van der Waals surface area contributed by atoms with Crippen LogP contribution >= 0.6 is 0 Å². The zero-order chi connectivity index (χ0) is 7.03. The van der Waals surface area contributed by atoms with E-state index in [0.29, 0.717) is 5.41 Å². The third-order valence-corrected chi connectivity index (χ3v) is 3.20. The minimum atomic E-state index is 0. The van der Waals surface area contributed by atoms with Crippen LogP contribution in [0.15, 0.2) is 0 Å². The molecule has 0 amide bonds. The number of rotatable bonds is 0. The molecule has 1 heterocycles. The van der Waals surface area contributed by atoms with Crippen LogP contribution in [0.5, 0.6) is 0 Å². The zero-order valence-electron chi connectivity index (χ0n) is 7.77. The molecule has 0 bridgehead atoms. The van der Waals surface area contributed by atoms with Crippen molar-refractivity contribution in [2.24, 2.45) is 11.3 Å². The van der Waals surface area contributed by atoms with E-state index in [2.05, 4.69) is 12.2 Å². The monoisotopic (exact) mass is 177 g/mol. The van der Waals surface area contributed by atoms with E-state index in [1.54, 1.807) is 0 Å².